The summed E-state index contributed by atoms with van der Waals surface area (Å²) in [6.45, 7) is 5.26. The lowest BCUT2D eigenvalue weighted by atomic mass is 10.2. The summed E-state index contributed by atoms with van der Waals surface area (Å²) in [6, 6.07) is 6.81. The van der Waals surface area contributed by atoms with Crippen LogP contribution >= 0.6 is 11.6 Å². The Labute approximate surface area is 160 Å². The van der Waals surface area contributed by atoms with Crippen molar-refractivity contribution in [3.63, 3.8) is 0 Å². The standard InChI is InChI=1S/C17H27ClN4O3S/c1-4-19-17(22-13(2)9-12-26(3,24)25)21-11-10-20-16(23)14-7-5-6-8-15(14)18/h5-8,13H,4,9-12H2,1-3H3,(H,20,23)(H2,19,21,22). The molecule has 0 saturated heterocycles. The van der Waals surface area contributed by atoms with Crippen LogP contribution in [0.2, 0.25) is 5.02 Å². The predicted molar refractivity (Wildman–Crippen MR) is 107 cm³/mol. The highest BCUT2D eigenvalue weighted by Gasteiger charge is 2.10. The molecule has 0 spiro atoms. The van der Waals surface area contributed by atoms with E-state index >= 15 is 0 Å². The number of hydrogen-bond acceptors (Lipinski definition) is 4. The Kier molecular flexibility index (Phi) is 9.43. The molecule has 0 aliphatic heterocycles. The third-order valence-corrected chi connectivity index (χ3v) is 4.74. The number of rotatable bonds is 9. The van der Waals surface area contributed by atoms with Crippen LogP contribution in [0.5, 0.6) is 0 Å². The number of hydrogen-bond donors (Lipinski definition) is 3. The van der Waals surface area contributed by atoms with Crippen LogP contribution in [0.3, 0.4) is 0 Å². The van der Waals surface area contributed by atoms with Crippen molar-refractivity contribution in [2.75, 3.05) is 31.6 Å². The number of aliphatic imine (C=N–C) groups is 1. The van der Waals surface area contributed by atoms with Crippen LogP contribution in [0, 0.1) is 0 Å². The second kappa shape index (κ2) is 11.0. The summed E-state index contributed by atoms with van der Waals surface area (Å²) < 4.78 is 22.5. The molecule has 1 amide bonds. The largest absolute Gasteiger partial charge is 0.357 e. The van der Waals surface area contributed by atoms with E-state index in [2.05, 4.69) is 20.9 Å². The molecule has 0 radical (unpaired) electrons. The molecule has 7 nitrogen and oxygen atoms in total. The molecule has 1 rings (SSSR count). The number of nitrogens with zero attached hydrogens (tertiary/aromatic N) is 1. The van der Waals surface area contributed by atoms with E-state index < -0.39 is 9.84 Å². The molecule has 9 heteroatoms. The van der Waals surface area contributed by atoms with Crippen LogP contribution < -0.4 is 16.0 Å². The minimum absolute atomic E-state index is 0.0414. The van der Waals surface area contributed by atoms with Crippen molar-refractivity contribution in [2.24, 2.45) is 4.99 Å². The third-order valence-electron chi connectivity index (χ3n) is 3.43. The van der Waals surface area contributed by atoms with E-state index in [1.54, 1.807) is 24.3 Å². The number of carbonyl (C=O) groups excluding carboxylic acids is 1. The number of sulfone groups is 1. The maximum absolute atomic E-state index is 12.1. The molecular weight excluding hydrogens is 376 g/mol. The number of nitrogens with one attached hydrogen (secondary N) is 3. The molecule has 1 atom stereocenters. The Morgan fingerprint density at radius 3 is 2.58 bits per heavy atom. The molecule has 0 saturated carbocycles. The van der Waals surface area contributed by atoms with Crippen molar-refractivity contribution >= 4 is 33.3 Å². The number of halogens is 1. The normalized spacial score (nSPS) is 13.2. The third kappa shape index (κ3) is 9.05. The van der Waals surface area contributed by atoms with Gasteiger partial charge in [-0.1, -0.05) is 23.7 Å². The molecule has 1 unspecified atom stereocenters. The first kappa shape index (κ1) is 22.2. The summed E-state index contributed by atoms with van der Waals surface area (Å²) in [5, 5.41) is 9.43. The fraction of sp³-hybridized carbons (Fsp3) is 0.529. The van der Waals surface area contributed by atoms with Gasteiger partial charge in [0.05, 0.1) is 22.9 Å². The van der Waals surface area contributed by atoms with Crippen molar-refractivity contribution in [1.82, 2.24) is 16.0 Å². The summed E-state index contributed by atoms with van der Waals surface area (Å²) >= 11 is 5.99. The number of benzene rings is 1. The minimum atomic E-state index is -2.99. The molecule has 146 valence electrons. The highest BCUT2D eigenvalue weighted by atomic mass is 35.5. The predicted octanol–water partition coefficient (Wildman–Crippen LogP) is 1.45. The van der Waals surface area contributed by atoms with Gasteiger partial charge < -0.3 is 16.0 Å². The number of guanidine groups is 1. The van der Waals surface area contributed by atoms with E-state index in [4.69, 9.17) is 11.6 Å². The molecule has 0 aliphatic rings. The Bertz CT molecular complexity index is 722. The lowest BCUT2D eigenvalue weighted by molar-refractivity contribution is 0.0955. The Hall–Kier alpha value is -1.80. The molecule has 0 bridgehead atoms. The van der Waals surface area contributed by atoms with Gasteiger partial charge in [-0.15, -0.1) is 0 Å². The highest BCUT2D eigenvalue weighted by molar-refractivity contribution is 7.90. The molecule has 1 aromatic carbocycles. The van der Waals surface area contributed by atoms with Crippen molar-refractivity contribution in [1.29, 1.82) is 0 Å². The van der Waals surface area contributed by atoms with Gasteiger partial charge in [0, 0.05) is 25.4 Å². The summed E-state index contributed by atoms with van der Waals surface area (Å²) in [6.07, 6.45) is 1.72. The van der Waals surface area contributed by atoms with Crippen LogP contribution in [0.1, 0.15) is 30.6 Å². The number of amides is 1. The van der Waals surface area contributed by atoms with Crippen LogP contribution in [-0.4, -0.2) is 58.0 Å². The maximum Gasteiger partial charge on any atom is 0.252 e. The Morgan fingerprint density at radius 1 is 1.27 bits per heavy atom. The van der Waals surface area contributed by atoms with Gasteiger partial charge in [-0.3, -0.25) is 9.79 Å². The van der Waals surface area contributed by atoms with Gasteiger partial charge in [0.2, 0.25) is 0 Å². The second-order valence-corrected chi connectivity index (χ2v) is 8.63. The van der Waals surface area contributed by atoms with E-state index in [1.165, 1.54) is 6.26 Å². The first-order chi connectivity index (χ1) is 12.2. The van der Waals surface area contributed by atoms with Crippen molar-refractivity contribution < 1.29 is 13.2 Å². The molecule has 0 aliphatic carbocycles. The van der Waals surface area contributed by atoms with Gasteiger partial charge in [-0.25, -0.2) is 8.42 Å². The van der Waals surface area contributed by atoms with Gasteiger partial charge in [-0.05, 0) is 32.4 Å². The Morgan fingerprint density at radius 2 is 1.96 bits per heavy atom. The lowest BCUT2D eigenvalue weighted by Gasteiger charge is -2.17. The van der Waals surface area contributed by atoms with Crippen molar-refractivity contribution in [3.8, 4) is 0 Å². The summed E-state index contributed by atoms with van der Waals surface area (Å²) in [5.74, 6) is 0.458. The lowest BCUT2D eigenvalue weighted by Crippen LogP contribution is -2.43. The summed E-state index contributed by atoms with van der Waals surface area (Å²) in [4.78, 5) is 16.4. The molecule has 26 heavy (non-hydrogen) atoms. The fourth-order valence-corrected chi connectivity index (χ4v) is 3.10. The fourth-order valence-electron chi connectivity index (χ4n) is 2.09. The molecule has 0 heterocycles. The first-order valence-corrected chi connectivity index (χ1v) is 10.9. The van der Waals surface area contributed by atoms with Gasteiger partial charge >= 0.3 is 0 Å². The molecule has 1 aromatic rings. The Balaban J connectivity index is 2.48. The highest BCUT2D eigenvalue weighted by Crippen LogP contribution is 2.14. The van der Waals surface area contributed by atoms with Gasteiger partial charge in [0.1, 0.15) is 9.84 Å². The first-order valence-electron chi connectivity index (χ1n) is 8.48. The zero-order valence-electron chi connectivity index (χ0n) is 15.4. The van der Waals surface area contributed by atoms with Crippen molar-refractivity contribution in [3.05, 3.63) is 34.9 Å². The van der Waals surface area contributed by atoms with Gasteiger partial charge in [0.15, 0.2) is 5.96 Å². The average molecular weight is 403 g/mol. The smallest absolute Gasteiger partial charge is 0.252 e. The monoisotopic (exact) mass is 402 g/mol. The zero-order valence-corrected chi connectivity index (χ0v) is 17.0. The molecule has 0 fully saturated rings. The van der Waals surface area contributed by atoms with Crippen molar-refractivity contribution in [2.45, 2.75) is 26.3 Å². The van der Waals surface area contributed by atoms with E-state index in [0.29, 0.717) is 42.6 Å². The minimum Gasteiger partial charge on any atom is -0.357 e. The van der Waals surface area contributed by atoms with Crippen LogP contribution in [0.4, 0.5) is 0 Å². The van der Waals surface area contributed by atoms with E-state index in [-0.39, 0.29) is 17.7 Å². The van der Waals surface area contributed by atoms with Gasteiger partial charge in [0.25, 0.3) is 5.91 Å². The summed E-state index contributed by atoms with van der Waals surface area (Å²) in [5.41, 5.74) is 0.428. The van der Waals surface area contributed by atoms with Crippen LogP contribution in [0.25, 0.3) is 0 Å². The topological polar surface area (TPSA) is 99.7 Å². The van der Waals surface area contributed by atoms with E-state index in [9.17, 15) is 13.2 Å². The molecule has 0 aromatic heterocycles. The van der Waals surface area contributed by atoms with Gasteiger partial charge in [-0.2, -0.15) is 0 Å². The summed E-state index contributed by atoms with van der Waals surface area (Å²) in [7, 11) is -2.99. The SMILES string of the molecule is CCNC(=NCCNC(=O)c1ccccc1Cl)NC(C)CCS(C)(=O)=O. The number of carbonyl (C=O) groups is 1. The van der Waals surface area contributed by atoms with Crippen LogP contribution in [0.15, 0.2) is 29.3 Å². The van der Waals surface area contributed by atoms with Crippen LogP contribution in [-0.2, 0) is 9.84 Å². The molecule has 3 N–H and O–H groups in total. The quantitative estimate of drug-likeness (QED) is 0.330. The van der Waals surface area contributed by atoms with E-state index in [1.807, 2.05) is 13.8 Å². The average Bonchev–Trinajstić information content (AvgIpc) is 2.56. The zero-order chi connectivity index (χ0) is 19.6. The maximum atomic E-state index is 12.1. The van der Waals surface area contributed by atoms with E-state index in [0.717, 1.165) is 0 Å². The molecular formula is C17H27ClN4O3S. The second-order valence-electron chi connectivity index (χ2n) is 5.96.